The third-order valence-corrected chi connectivity index (χ3v) is 5.67. The molecule has 3 aromatic heterocycles. The third kappa shape index (κ3) is 3.22. The summed E-state index contributed by atoms with van der Waals surface area (Å²) < 4.78 is 27.6. The molecule has 0 unspecified atom stereocenters. The number of pyridine rings is 2. The fourth-order valence-electron chi connectivity index (χ4n) is 3.59. The second-order valence-corrected chi connectivity index (χ2v) is 7.73. The van der Waals surface area contributed by atoms with Crippen molar-refractivity contribution in [3.8, 4) is 5.69 Å². The van der Waals surface area contributed by atoms with Crippen LogP contribution in [0.1, 0.15) is 47.2 Å². The molecule has 9 heteroatoms. The van der Waals surface area contributed by atoms with E-state index in [1.54, 1.807) is 12.3 Å². The molecular formula is C19H16Cl2F2N4O. The van der Waals surface area contributed by atoms with Crippen LogP contribution < -0.4 is 5.56 Å². The Hall–Kier alpha value is -2.25. The van der Waals surface area contributed by atoms with Gasteiger partial charge in [0.2, 0.25) is 0 Å². The molecule has 0 aliphatic heterocycles. The van der Waals surface area contributed by atoms with Gasteiger partial charge in [0.05, 0.1) is 11.9 Å². The van der Waals surface area contributed by atoms with Crippen LogP contribution in [0.15, 0.2) is 35.5 Å². The molecule has 4 rings (SSSR count). The van der Waals surface area contributed by atoms with Crippen molar-refractivity contribution in [1.29, 1.82) is 0 Å². The zero-order chi connectivity index (χ0) is 20.2. The van der Waals surface area contributed by atoms with Gasteiger partial charge in [-0.1, -0.05) is 23.2 Å². The zero-order valence-electron chi connectivity index (χ0n) is 15.0. The molecule has 3 aromatic rings. The normalized spacial score (nSPS) is 18.7. The molecule has 5 nitrogen and oxygen atoms in total. The molecule has 2 atom stereocenters. The van der Waals surface area contributed by atoms with Crippen molar-refractivity contribution in [2.45, 2.75) is 38.7 Å². The highest BCUT2D eigenvalue weighted by atomic mass is 35.5. The van der Waals surface area contributed by atoms with Crippen LogP contribution >= 0.6 is 23.2 Å². The summed E-state index contributed by atoms with van der Waals surface area (Å²) in [6.45, 7) is 0.988. The summed E-state index contributed by atoms with van der Waals surface area (Å²) >= 11 is 12.4. The Morgan fingerprint density at radius 3 is 2.61 bits per heavy atom. The predicted octanol–water partition coefficient (Wildman–Crippen LogP) is 5.02. The summed E-state index contributed by atoms with van der Waals surface area (Å²) in [5, 5.41) is 4.10. The van der Waals surface area contributed by atoms with Gasteiger partial charge < -0.3 is 0 Å². The average molecular weight is 425 g/mol. The smallest absolute Gasteiger partial charge is 0.280 e. The van der Waals surface area contributed by atoms with Crippen molar-refractivity contribution in [3.63, 3.8) is 0 Å². The fourth-order valence-corrected chi connectivity index (χ4v) is 4.02. The van der Waals surface area contributed by atoms with Gasteiger partial charge in [-0.3, -0.25) is 9.36 Å². The van der Waals surface area contributed by atoms with Crippen molar-refractivity contribution < 1.29 is 8.78 Å². The van der Waals surface area contributed by atoms with Gasteiger partial charge in [-0.15, -0.1) is 0 Å². The molecule has 3 heterocycles. The molecule has 0 bridgehead atoms. The van der Waals surface area contributed by atoms with E-state index in [1.165, 1.54) is 17.0 Å². The van der Waals surface area contributed by atoms with Crippen LogP contribution in [0.3, 0.4) is 0 Å². The zero-order valence-corrected chi connectivity index (χ0v) is 16.5. The van der Waals surface area contributed by atoms with Crippen molar-refractivity contribution in [2.75, 3.05) is 0 Å². The molecule has 1 fully saturated rings. The standard InChI is InChI=1S/C19H16Cl2F2N4O/c1-9-6-24-16(20)5-15(9)27-10(2)3-14(17(21)18(27)28)13-4-12(13)11-7-25-26(8-11)19(22)23/h3,5-8,12-13,19H,4H2,1-2H3/t12-,13+/m1/s1. The van der Waals surface area contributed by atoms with Crippen LogP contribution in [0, 0.1) is 13.8 Å². The van der Waals surface area contributed by atoms with Crippen LogP contribution in [0.4, 0.5) is 8.78 Å². The molecule has 1 saturated carbocycles. The maximum atomic E-state index is 13.0. The molecule has 1 aliphatic rings. The van der Waals surface area contributed by atoms with Gasteiger partial charge in [0.15, 0.2) is 0 Å². The van der Waals surface area contributed by atoms with E-state index < -0.39 is 6.55 Å². The highest BCUT2D eigenvalue weighted by molar-refractivity contribution is 6.31. The summed E-state index contributed by atoms with van der Waals surface area (Å²) in [6, 6.07) is 3.50. The van der Waals surface area contributed by atoms with E-state index >= 15 is 0 Å². The van der Waals surface area contributed by atoms with Crippen molar-refractivity contribution in [2.24, 2.45) is 0 Å². The van der Waals surface area contributed by atoms with E-state index in [4.69, 9.17) is 23.2 Å². The predicted molar refractivity (Wildman–Crippen MR) is 103 cm³/mol. The topological polar surface area (TPSA) is 52.7 Å². The van der Waals surface area contributed by atoms with Crippen LogP contribution in [0.2, 0.25) is 10.2 Å². The molecule has 0 saturated heterocycles. The van der Waals surface area contributed by atoms with E-state index in [2.05, 4.69) is 10.1 Å². The monoisotopic (exact) mass is 424 g/mol. The first-order valence-electron chi connectivity index (χ1n) is 8.64. The highest BCUT2D eigenvalue weighted by Gasteiger charge is 2.42. The lowest BCUT2D eigenvalue weighted by Gasteiger charge is -2.15. The number of aromatic nitrogens is 4. The molecule has 28 heavy (non-hydrogen) atoms. The lowest BCUT2D eigenvalue weighted by atomic mass is 10.1. The number of hydrogen-bond acceptors (Lipinski definition) is 3. The Balaban J connectivity index is 1.71. The molecule has 0 spiro atoms. The lowest BCUT2D eigenvalue weighted by Crippen LogP contribution is -2.23. The maximum Gasteiger partial charge on any atom is 0.333 e. The highest BCUT2D eigenvalue weighted by Crippen LogP contribution is 2.55. The van der Waals surface area contributed by atoms with Crippen molar-refractivity contribution in [3.05, 3.63) is 73.6 Å². The minimum atomic E-state index is -2.67. The van der Waals surface area contributed by atoms with Gasteiger partial charge >= 0.3 is 6.55 Å². The summed E-state index contributed by atoms with van der Waals surface area (Å²) in [4.78, 5) is 17.0. The number of hydrogen-bond donors (Lipinski definition) is 0. The van der Waals surface area contributed by atoms with E-state index in [0.717, 1.165) is 23.1 Å². The molecule has 1 aliphatic carbocycles. The van der Waals surface area contributed by atoms with Gasteiger partial charge in [0.25, 0.3) is 5.56 Å². The minimum Gasteiger partial charge on any atom is -0.280 e. The molecular weight excluding hydrogens is 409 g/mol. The molecule has 0 amide bonds. The Labute approximate surface area is 169 Å². The Kier molecular flexibility index (Phi) is 4.75. The number of alkyl halides is 2. The van der Waals surface area contributed by atoms with Gasteiger partial charge in [-0.25, -0.2) is 9.67 Å². The van der Waals surface area contributed by atoms with Gasteiger partial charge in [0, 0.05) is 18.1 Å². The summed E-state index contributed by atoms with van der Waals surface area (Å²) in [6.07, 6.45) is 5.13. The first-order valence-corrected chi connectivity index (χ1v) is 9.40. The van der Waals surface area contributed by atoms with E-state index in [1.807, 2.05) is 19.9 Å². The maximum absolute atomic E-state index is 13.0. The van der Waals surface area contributed by atoms with Crippen LogP contribution in [0.5, 0.6) is 0 Å². The average Bonchev–Trinajstić information content (AvgIpc) is 3.27. The summed E-state index contributed by atoms with van der Waals surface area (Å²) in [7, 11) is 0. The first kappa shape index (κ1) is 19.1. The Morgan fingerprint density at radius 1 is 1.18 bits per heavy atom. The molecule has 146 valence electrons. The first-order chi connectivity index (χ1) is 13.3. The van der Waals surface area contributed by atoms with E-state index in [0.29, 0.717) is 16.1 Å². The second-order valence-electron chi connectivity index (χ2n) is 6.97. The molecule has 0 radical (unpaired) electrons. The molecule has 0 aromatic carbocycles. The number of rotatable bonds is 4. The number of aryl methyl sites for hydroxylation is 2. The number of nitrogens with zero attached hydrogens (tertiary/aromatic N) is 4. The van der Waals surface area contributed by atoms with Crippen molar-refractivity contribution >= 4 is 23.2 Å². The lowest BCUT2D eigenvalue weighted by molar-refractivity contribution is 0.0565. The summed E-state index contributed by atoms with van der Waals surface area (Å²) in [5.74, 6) is 0.0303. The van der Waals surface area contributed by atoms with Gasteiger partial charge in [0.1, 0.15) is 10.2 Å². The second kappa shape index (κ2) is 6.97. The summed E-state index contributed by atoms with van der Waals surface area (Å²) in [5.41, 5.74) is 3.25. The third-order valence-electron chi connectivity index (χ3n) is 5.08. The SMILES string of the molecule is Cc1cnc(Cl)cc1-n1c(C)cc([C@H]2C[C@@H]2c2cnn(C(F)F)c2)c(Cl)c1=O. The minimum absolute atomic E-state index is 0.00555. The van der Waals surface area contributed by atoms with Crippen LogP contribution in [-0.2, 0) is 0 Å². The quantitative estimate of drug-likeness (QED) is 0.552. The van der Waals surface area contributed by atoms with Crippen LogP contribution in [0.25, 0.3) is 5.69 Å². The Morgan fingerprint density at radius 2 is 1.93 bits per heavy atom. The molecule has 0 N–H and O–H groups in total. The Bertz CT molecular complexity index is 1130. The van der Waals surface area contributed by atoms with Gasteiger partial charge in [-0.05, 0) is 60.9 Å². The van der Waals surface area contributed by atoms with Gasteiger partial charge in [-0.2, -0.15) is 13.9 Å². The van der Waals surface area contributed by atoms with E-state index in [9.17, 15) is 13.6 Å². The van der Waals surface area contributed by atoms with Crippen molar-refractivity contribution in [1.82, 2.24) is 19.3 Å². The largest absolute Gasteiger partial charge is 0.333 e. The van der Waals surface area contributed by atoms with Crippen LogP contribution in [-0.4, -0.2) is 19.3 Å². The number of halogens is 4. The fraction of sp³-hybridized carbons (Fsp3) is 0.316. The van der Waals surface area contributed by atoms with E-state index in [-0.39, 0.29) is 27.6 Å².